The SMILES string of the molecule is C[C@@H](NC(=O)N1CCC[C@H](C(F)(F)F)C1)c1nc2ccccc2[nH]1. The molecule has 0 radical (unpaired) electrons. The minimum absolute atomic E-state index is 0.0758. The predicted molar refractivity (Wildman–Crippen MR) is 83.4 cm³/mol. The monoisotopic (exact) mass is 340 g/mol. The first-order valence-corrected chi connectivity index (χ1v) is 7.91. The Morgan fingerprint density at radius 2 is 2.17 bits per heavy atom. The molecule has 1 fully saturated rings. The first-order chi connectivity index (χ1) is 11.3. The van der Waals surface area contributed by atoms with E-state index >= 15 is 0 Å². The topological polar surface area (TPSA) is 61.0 Å². The molecule has 2 amide bonds. The Morgan fingerprint density at radius 3 is 2.88 bits per heavy atom. The van der Waals surface area contributed by atoms with E-state index in [1.807, 2.05) is 24.3 Å². The fourth-order valence-electron chi connectivity index (χ4n) is 2.95. The highest BCUT2D eigenvalue weighted by Crippen LogP contribution is 2.33. The second-order valence-corrected chi connectivity index (χ2v) is 6.14. The number of fused-ring (bicyclic) bond motifs is 1. The molecular weight excluding hydrogens is 321 g/mol. The van der Waals surface area contributed by atoms with Gasteiger partial charge in [-0.05, 0) is 31.9 Å². The Labute approximate surface area is 137 Å². The molecule has 0 unspecified atom stereocenters. The number of H-pyrrole nitrogens is 1. The number of aromatic amines is 1. The third-order valence-corrected chi connectivity index (χ3v) is 4.33. The molecular formula is C16H19F3N4O. The number of halogens is 3. The number of likely N-dealkylation sites (tertiary alicyclic amines) is 1. The molecule has 1 aliphatic rings. The molecule has 0 bridgehead atoms. The number of alkyl halides is 3. The number of benzene rings is 1. The lowest BCUT2D eigenvalue weighted by Crippen LogP contribution is -2.49. The first kappa shape index (κ1) is 16.6. The van der Waals surface area contributed by atoms with Gasteiger partial charge in [0.2, 0.25) is 0 Å². The minimum Gasteiger partial charge on any atom is -0.340 e. The lowest BCUT2D eigenvalue weighted by Gasteiger charge is -2.34. The van der Waals surface area contributed by atoms with Gasteiger partial charge in [-0.1, -0.05) is 12.1 Å². The maximum absolute atomic E-state index is 12.9. The Balaban J connectivity index is 1.65. The third kappa shape index (κ3) is 3.47. The van der Waals surface area contributed by atoms with Crippen LogP contribution in [0.3, 0.4) is 0 Å². The maximum Gasteiger partial charge on any atom is 0.393 e. The highest BCUT2D eigenvalue weighted by Gasteiger charge is 2.42. The zero-order valence-electron chi connectivity index (χ0n) is 13.2. The van der Waals surface area contributed by atoms with Crippen LogP contribution < -0.4 is 5.32 Å². The summed E-state index contributed by atoms with van der Waals surface area (Å²) < 4.78 is 38.6. The van der Waals surface area contributed by atoms with Crippen molar-refractivity contribution in [2.45, 2.75) is 32.0 Å². The lowest BCUT2D eigenvalue weighted by atomic mass is 9.98. The molecule has 2 aromatic rings. The van der Waals surface area contributed by atoms with E-state index in [-0.39, 0.29) is 13.0 Å². The van der Waals surface area contributed by atoms with Crippen molar-refractivity contribution in [3.8, 4) is 0 Å². The Hall–Kier alpha value is -2.25. The summed E-state index contributed by atoms with van der Waals surface area (Å²) in [4.78, 5) is 21.0. The second kappa shape index (κ2) is 6.33. The maximum atomic E-state index is 12.9. The molecule has 24 heavy (non-hydrogen) atoms. The van der Waals surface area contributed by atoms with Gasteiger partial charge in [-0.3, -0.25) is 0 Å². The van der Waals surface area contributed by atoms with Gasteiger partial charge in [0.1, 0.15) is 5.82 Å². The van der Waals surface area contributed by atoms with Crippen molar-refractivity contribution >= 4 is 17.1 Å². The van der Waals surface area contributed by atoms with E-state index in [1.54, 1.807) is 6.92 Å². The molecule has 3 rings (SSSR count). The summed E-state index contributed by atoms with van der Waals surface area (Å²) in [7, 11) is 0. The second-order valence-electron chi connectivity index (χ2n) is 6.14. The van der Waals surface area contributed by atoms with Crippen molar-refractivity contribution in [3.63, 3.8) is 0 Å². The molecule has 1 aliphatic heterocycles. The highest BCUT2D eigenvalue weighted by molar-refractivity contribution is 5.76. The third-order valence-electron chi connectivity index (χ3n) is 4.33. The van der Waals surface area contributed by atoms with E-state index in [0.29, 0.717) is 18.8 Å². The number of aromatic nitrogens is 2. The molecule has 2 atom stereocenters. The van der Waals surface area contributed by atoms with Crippen LogP contribution in [-0.2, 0) is 0 Å². The van der Waals surface area contributed by atoms with Gasteiger partial charge in [0, 0.05) is 13.1 Å². The van der Waals surface area contributed by atoms with E-state index in [4.69, 9.17) is 0 Å². The van der Waals surface area contributed by atoms with Crippen molar-refractivity contribution in [1.29, 1.82) is 0 Å². The molecule has 0 spiro atoms. The summed E-state index contributed by atoms with van der Waals surface area (Å²) in [5, 5.41) is 2.72. The lowest BCUT2D eigenvalue weighted by molar-refractivity contribution is -0.184. The summed E-state index contributed by atoms with van der Waals surface area (Å²) >= 11 is 0. The average molecular weight is 340 g/mol. The van der Waals surface area contributed by atoms with Crippen LogP contribution >= 0.6 is 0 Å². The number of carbonyl (C=O) groups excluding carboxylic acids is 1. The van der Waals surface area contributed by atoms with Crippen LogP contribution in [0, 0.1) is 5.92 Å². The zero-order valence-corrected chi connectivity index (χ0v) is 13.2. The molecule has 0 saturated carbocycles. The van der Waals surface area contributed by atoms with Crippen LogP contribution in [0.15, 0.2) is 24.3 Å². The number of nitrogens with one attached hydrogen (secondary N) is 2. The number of rotatable bonds is 2. The van der Waals surface area contributed by atoms with Crippen molar-refractivity contribution in [1.82, 2.24) is 20.2 Å². The van der Waals surface area contributed by atoms with Crippen LogP contribution in [0.5, 0.6) is 0 Å². The van der Waals surface area contributed by atoms with Crippen molar-refractivity contribution in [2.24, 2.45) is 5.92 Å². The minimum atomic E-state index is -4.26. The van der Waals surface area contributed by atoms with Crippen LogP contribution in [0.1, 0.15) is 31.6 Å². The van der Waals surface area contributed by atoms with E-state index in [2.05, 4.69) is 15.3 Å². The van der Waals surface area contributed by atoms with Gasteiger partial charge < -0.3 is 15.2 Å². The summed E-state index contributed by atoms with van der Waals surface area (Å²) in [5.41, 5.74) is 1.63. The normalized spacial score (nSPS) is 20.2. The van der Waals surface area contributed by atoms with Crippen LogP contribution in [-0.4, -0.2) is 40.2 Å². The number of amides is 2. The average Bonchev–Trinajstić information content (AvgIpc) is 2.98. The smallest absolute Gasteiger partial charge is 0.340 e. The number of piperidine rings is 1. The van der Waals surface area contributed by atoms with Gasteiger partial charge in [0.15, 0.2) is 0 Å². The molecule has 0 aliphatic carbocycles. The molecule has 1 aromatic heterocycles. The number of para-hydroxylation sites is 2. The van der Waals surface area contributed by atoms with Crippen molar-refractivity contribution in [3.05, 3.63) is 30.1 Å². The fourth-order valence-corrected chi connectivity index (χ4v) is 2.95. The molecule has 1 saturated heterocycles. The number of carbonyl (C=O) groups is 1. The van der Waals surface area contributed by atoms with Gasteiger partial charge >= 0.3 is 12.2 Å². The van der Waals surface area contributed by atoms with Crippen LogP contribution in [0.4, 0.5) is 18.0 Å². The zero-order chi connectivity index (χ0) is 17.3. The Kier molecular flexibility index (Phi) is 4.38. The highest BCUT2D eigenvalue weighted by atomic mass is 19.4. The van der Waals surface area contributed by atoms with Crippen LogP contribution in [0.2, 0.25) is 0 Å². The molecule has 130 valence electrons. The Bertz CT molecular complexity index is 694. The number of urea groups is 1. The quantitative estimate of drug-likeness (QED) is 0.877. The van der Waals surface area contributed by atoms with Gasteiger partial charge in [-0.25, -0.2) is 9.78 Å². The fraction of sp³-hybridized carbons (Fsp3) is 0.500. The summed E-state index contributed by atoms with van der Waals surface area (Å²) in [5.74, 6) is -0.868. The van der Waals surface area contributed by atoms with Crippen molar-refractivity contribution < 1.29 is 18.0 Å². The number of hydrogen-bond donors (Lipinski definition) is 2. The van der Waals surface area contributed by atoms with E-state index < -0.39 is 24.2 Å². The van der Waals surface area contributed by atoms with Crippen molar-refractivity contribution in [2.75, 3.05) is 13.1 Å². The predicted octanol–water partition coefficient (Wildman–Crippen LogP) is 3.61. The molecule has 1 aromatic carbocycles. The number of imidazole rings is 1. The van der Waals surface area contributed by atoms with Gasteiger partial charge in [0.05, 0.1) is 23.0 Å². The Morgan fingerprint density at radius 1 is 1.42 bits per heavy atom. The molecule has 5 nitrogen and oxygen atoms in total. The van der Waals surface area contributed by atoms with E-state index in [0.717, 1.165) is 11.0 Å². The largest absolute Gasteiger partial charge is 0.393 e. The van der Waals surface area contributed by atoms with Crippen LogP contribution in [0.25, 0.3) is 11.0 Å². The number of nitrogens with zero attached hydrogens (tertiary/aromatic N) is 2. The summed E-state index contributed by atoms with van der Waals surface area (Å²) in [6.45, 7) is 1.80. The first-order valence-electron chi connectivity index (χ1n) is 7.91. The van der Waals surface area contributed by atoms with Gasteiger partial charge in [0.25, 0.3) is 0 Å². The van der Waals surface area contributed by atoms with Gasteiger partial charge in [-0.15, -0.1) is 0 Å². The number of hydrogen-bond acceptors (Lipinski definition) is 2. The van der Waals surface area contributed by atoms with Gasteiger partial charge in [-0.2, -0.15) is 13.2 Å². The molecule has 8 heteroatoms. The summed E-state index contributed by atoms with van der Waals surface area (Å²) in [6.07, 6.45) is -3.83. The summed E-state index contributed by atoms with van der Waals surface area (Å²) in [6, 6.07) is 6.55. The standard InChI is InChI=1S/C16H19F3N4O/c1-10(14-21-12-6-2-3-7-13(12)22-14)20-15(24)23-8-4-5-11(9-23)16(17,18)19/h2-3,6-7,10-11H,4-5,8-9H2,1H3,(H,20,24)(H,21,22)/t10-,11+/m1/s1. The molecule has 2 heterocycles. The van der Waals surface area contributed by atoms with E-state index in [1.165, 1.54) is 4.90 Å². The molecule has 2 N–H and O–H groups in total. The van der Waals surface area contributed by atoms with E-state index in [9.17, 15) is 18.0 Å².